The zero-order valence-electron chi connectivity index (χ0n) is 10.5. The third-order valence-electron chi connectivity index (χ3n) is 2.80. The van der Waals surface area contributed by atoms with E-state index in [1.54, 1.807) is 12.1 Å². The van der Waals surface area contributed by atoms with Gasteiger partial charge in [-0.3, -0.25) is 4.79 Å². The summed E-state index contributed by atoms with van der Waals surface area (Å²) in [5.74, 6) is -0.653. The number of fused-ring (bicyclic) bond motifs is 1. The zero-order valence-corrected chi connectivity index (χ0v) is 10.5. The maximum absolute atomic E-state index is 13.5. The van der Waals surface area contributed by atoms with E-state index in [0.717, 1.165) is 0 Å². The number of nitrogens with zero attached hydrogens (tertiary/aromatic N) is 2. The summed E-state index contributed by atoms with van der Waals surface area (Å²) in [6.45, 7) is 0. The predicted molar refractivity (Wildman–Crippen MR) is 68.2 cm³/mol. The zero-order chi connectivity index (χ0) is 14.1. The Balaban J connectivity index is 2.01. The van der Waals surface area contributed by atoms with Gasteiger partial charge >= 0.3 is 0 Å². The maximum Gasteiger partial charge on any atom is 0.248 e. The number of aromatic nitrogens is 2. The number of para-hydroxylation sites is 1. The summed E-state index contributed by atoms with van der Waals surface area (Å²) in [6.07, 6.45) is 0. The molecule has 0 unspecified atom stereocenters. The maximum atomic E-state index is 13.5. The van der Waals surface area contributed by atoms with Crippen LogP contribution in [0.1, 0.15) is 16.2 Å². The molecule has 3 rings (SSSR count). The minimum atomic E-state index is -0.512. The van der Waals surface area contributed by atoms with E-state index >= 15 is 0 Å². The first kappa shape index (κ1) is 12.3. The van der Waals surface area contributed by atoms with E-state index in [9.17, 15) is 9.18 Å². The number of hydrogen-bond acceptors (Lipinski definition) is 5. The smallest absolute Gasteiger partial charge is 0.248 e. The van der Waals surface area contributed by atoms with Crippen molar-refractivity contribution in [2.75, 3.05) is 7.11 Å². The van der Waals surface area contributed by atoms with Gasteiger partial charge in [-0.05, 0) is 18.2 Å². The highest BCUT2D eigenvalue weighted by Gasteiger charge is 2.18. The molecule has 0 aliphatic rings. The van der Waals surface area contributed by atoms with Crippen LogP contribution in [-0.2, 0) is 0 Å². The lowest BCUT2D eigenvalue weighted by molar-refractivity contribution is 0.100. The second-order valence-corrected chi connectivity index (χ2v) is 4.06. The van der Waals surface area contributed by atoms with Crippen molar-refractivity contribution in [2.24, 2.45) is 0 Å². The van der Waals surface area contributed by atoms with Crippen LogP contribution >= 0.6 is 0 Å². The molecule has 0 aliphatic carbocycles. The predicted octanol–water partition coefficient (Wildman–Crippen LogP) is 2.60. The third kappa shape index (κ3) is 2.01. The van der Waals surface area contributed by atoms with E-state index in [1.165, 1.54) is 31.4 Å². The number of halogens is 1. The fourth-order valence-electron chi connectivity index (χ4n) is 1.82. The number of hydrogen-bond donors (Lipinski definition) is 0. The Bertz CT molecular complexity index is 781. The number of carbonyl (C=O) groups excluding carboxylic acids is 1. The normalized spacial score (nSPS) is 10.7. The van der Waals surface area contributed by atoms with Gasteiger partial charge in [-0.15, -0.1) is 10.2 Å². The first-order valence-electron chi connectivity index (χ1n) is 5.79. The summed E-state index contributed by atoms with van der Waals surface area (Å²) < 4.78 is 23.6. The van der Waals surface area contributed by atoms with Crippen LogP contribution in [0, 0.1) is 5.82 Å². The Kier molecular flexibility index (Phi) is 2.90. The van der Waals surface area contributed by atoms with Gasteiger partial charge in [-0.1, -0.05) is 12.1 Å². The molecule has 0 bridgehead atoms. The summed E-state index contributed by atoms with van der Waals surface area (Å²) in [5.41, 5.74) is 0.155. The topological polar surface area (TPSA) is 65.2 Å². The first-order valence-corrected chi connectivity index (χ1v) is 5.79. The van der Waals surface area contributed by atoms with Crippen LogP contribution in [0.5, 0.6) is 5.88 Å². The molecule has 0 aliphatic heterocycles. The number of benzene rings is 1. The molecular formula is C14H9FN2O3. The minimum Gasteiger partial charge on any atom is -0.480 e. The van der Waals surface area contributed by atoms with Gasteiger partial charge in [0, 0.05) is 11.5 Å². The average molecular weight is 272 g/mol. The molecule has 3 aromatic rings. The molecule has 5 nitrogen and oxygen atoms in total. The molecule has 2 aromatic heterocycles. The first-order chi connectivity index (χ1) is 9.69. The Morgan fingerprint density at radius 3 is 2.75 bits per heavy atom. The van der Waals surface area contributed by atoms with Gasteiger partial charge in [0.05, 0.1) is 7.11 Å². The summed E-state index contributed by atoms with van der Waals surface area (Å²) in [5, 5.41) is 7.97. The van der Waals surface area contributed by atoms with E-state index < -0.39 is 11.6 Å². The number of methoxy groups -OCH3 is 1. The van der Waals surface area contributed by atoms with E-state index in [1.807, 2.05) is 0 Å². The second-order valence-electron chi connectivity index (χ2n) is 4.06. The van der Waals surface area contributed by atoms with Crippen molar-refractivity contribution >= 4 is 16.8 Å². The van der Waals surface area contributed by atoms with Gasteiger partial charge in [0.25, 0.3) is 0 Å². The number of ether oxygens (including phenoxy) is 1. The van der Waals surface area contributed by atoms with Crippen molar-refractivity contribution in [2.45, 2.75) is 0 Å². The summed E-state index contributed by atoms with van der Waals surface area (Å²) in [7, 11) is 1.45. The monoisotopic (exact) mass is 272 g/mol. The molecule has 0 saturated carbocycles. The van der Waals surface area contributed by atoms with Crippen molar-refractivity contribution in [1.29, 1.82) is 0 Å². The number of furan rings is 1. The molecule has 1 aromatic carbocycles. The molecule has 20 heavy (non-hydrogen) atoms. The number of rotatable bonds is 3. The van der Waals surface area contributed by atoms with Gasteiger partial charge in [0.1, 0.15) is 5.69 Å². The van der Waals surface area contributed by atoms with Crippen LogP contribution in [0.2, 0.25) is 0 Å². The van der Waals surface area contributed by atoms with E-state index in [-0.39, 0.29) is 17.0 Å². The lowest BCUT2D eigenvalue weighted by Gasteiger charge is -1.98. The van der Waals surface area contributed by atoms with E-state index in [0.29, 0.717) is 11.3 Å². The van der Waals surface area contributed by atoms with Crippen molar-refractivity contribution in [3.05, 3.63) is 53.7 Å². The highest BCUT2D eigenvalue weighted by molar-refractivity contribution is 6.07. The molecule has 2 heterocycles. The van der Waals surface area contributed by atoms with Crippen molar-refractivity contribution in [3.63, 3.8) is 0 Å². The molecule has 0 spiro atoms. The molecule has 0 fully saturated rings. The quantitative estimate of drug-likeness (QED) is 0.686. The van der Waals surface area contributed by atoms with Crippen molar-refractivity contribution < 1.29 is 18.3 Å². The Morgan fingerprint density at radius 2 is 2.10 bits per heavy atom. The van der Waals surface area contributed by atoms with Crippen LogP contribution in [0.3, 0.4) is 0 Å². The summed E-state index contributed by atoms with van der Waals surface area (Å²) >= 11 is 0. The SMILES string of the molecule is COc1ccc(C(=O)c2cc3cccc(F)c3o2)nn1. The van der Waals surface area contributed by atoms with Crippen LogP contribution in [0.25, 0.3) is 11.0 Å². The molecule has 0 atom stereocenters. The number of ketones is 1. The fourth-order valence-corrected chi connectivity index (χ4v) is 1.82. The average Bonchev–Trinajstić information content (AvgIpc) is 2.92. The highest BCUT2D eigenvalue weighted by Crippen LogP contribution is 2.23. The molecular weight excluding hydrogens is 263 g/mol. The lowest BCUT2D eigenvalue weighted by Crippen LogP contribution is -2.04. The van der Waals surface area contributed by atoms with Gasteiger partial charge in [0.2, 0.25) is 11.7 Å². The van der Waals surface area contributed by atoms with Crippen molar-refractivity contribution in [1.82, 2.24) is 10.2 Å². The largest absolute Gasteiger partial charge is 0.480 e. The molecule has 100 valence electrons. The van der Waals surface area contributed by atoms with E-state index in [4.69, 9.17) is 9.15 Å². The fraction of sp³-hybridized carbons (Fsp3) is 0.0714. The van der Waals surface area contributed by atoms with E-state index in [2.05, 4.69) is 10.2 Å². The molecule has 0 radical (unpaired) electrons. The lowest BCUT2D eigenvalue weighted by atomic mass is 10.2. The van der Waals surface area contributed by atoms with Gasteiger partial charge in [0.15, 0.2) is 17.2 Å². The Hall–Kier alpha value is -2.76. The van der Waals surface area contributed by atoms with Crippen LogP contribution in [0.4, 0.5) is 4.39 Å². The molecule has 6 heteroatoms. The number of carbonyl (C=O) groups is 1. The second kappa shape index (κ2) is 4.73. The molecule has 0 amide bonds. The van der Waals surface area contributed by atoms with Gasteiger partial charge in [-0.25, -0.2) is 4.39 Å². The summed E-state index contributed by atoms with van der Waals surface area (Å²) in [4.78, 5) is 12.2. The molecule has 0 saturated heterocycles. The van der Waals surface area contributed by atoms with Gasteiger partial charge in [-0.2, -0.15) is 0 Å². The Morgan fingerprint density at radius 1 is 1.25 bits per heavy atom. The Labute approximate surface area is 113 Å². The standard InChI is InChI=1S/C14H9FN2O3/c1-19-12-6-5-10(16-17-12)13(18)11-7-8-3-2-4-9(15)14(8)20-11/h2-7H,1H3. The van der Waals surface area contributed by atoms with Crippen LogP contribution < -0.4 is 4.74 Å². The highest BCUT2D eigenvalue weighted by atomic mass is 19.1. The van der Waals surface area contributed by atoms with Crippen LogP contribution in [-0.4, -0.2) is 23.1 Å². The third-order valence-corrected chi connectivity index (χ3v) is 2.80. The van der Waals surface area contributed by atoms with Crippen molar-refractivity contribution in [3.8, 4) is 5.88 Å². The summed E-state index contributed by atoms with van der Waals surface area (Å²) in [6, 6.07) is 8.95. The molecule has 0 N–H and O–H groups in total. The van der Waals surface area contributed by atoms with Gasteiger partial charge < -0.3 is 9.15 Å². The van der Waals surface area contributed by atoms with Crippen LogP contribution in [0.15, 0.2) is 40.8 Å². The minimum absolute atomic E-state index is 0.0181.